The summed E-state index contributed by atoms with van der Waals surface area (Å²) in [6.07, 6.45) is 1.98. The van der Waals surface area contributed by atoms with E-state index in [1.165, 1.54) is 32.4 Å². The molecule has 9 heteroatoms. The van der Waals surface area contributed by atoms with Crippen LogP contribution in [-0.4, -0.2) is 55.3 Å². The fourth-order valence-corrected chi connectivity index (χ4v) is 3.31. The number of carboxylic acid groups (broad SMARTS) is 1. The first kappa shape index (κ1) is 18.6. The molecule has 27 heavy (non-hydrogen) atoms. The van der Waals surface area contributed by atoms with Crippen molar-refractivity contribution in [1.82, 2.24) is 0 Å². The first-order valence-corrected chi connectivity index (χ1v) is 8.05. The van der Waals surface area contributed by atoms with Crippen molar-refractivity contribution in [3.63, 3.8) is 0 Å². The smallest absolute Gasteiger partial charge is 0.337 e. The lowest BCUT2D eigenvalue weighted by molar-refractivity contribution is -0.145. The van der Waals surface area contributed by atoms with E-state index in [4.69, 9.17) is 4.74 Å². The number of nitrogens with one attached hydrogen (secondary N) is 1. The molecule has 1 saturated heterocycles. The van der Waals surface area contributed by atoms with Crippen molar-refractivity contribution >= 4 is 29.5 Å². The minimum atomic E-state index is -1.13. The minimum absolute atomic E-state index is 0.0366. The number of carbonyl (C=O) groups excluding carboxylic acids is 3. The molecule has 0 aromatic heterocycles. The van der Waals surface area contributed by atoms with E-state index in [9.17, 15) is 24.3 Å². The Morgan fingerprint density at radius 2 is 1.44 bits per heavy atom. The number of esters is 2. The second-order valence-electron chi connectivity index (χ2n) is 6.11. The Kier molecular flexibility index (Phi) is 4.95. The predicted octanol–water partition coefficient (Wildman–Crippen LogP) is 0.852. The van der Waals surface area contributed by atoms with Crippen molar-refractivity contribution in [1.29, 1.82) is 0 Å². The van der Waals surface area contributed by atoms with Gasteiger partial charge in [-0.25, -0.2) is 9.59 Å². The van der Waals surface area contributed by atoms with Crippen LogP contribution in [-0.2, 0) is 23.8 Å². The third-order valence-electron chi connectivity index (χ3n) is 4.53. The van der Waals surface area contributed by atoms with Gasteiger partial charge in [0.1, 0.15) is 5.92 Å². The van der Waals surface area contributed by atoms with Crippen LogP contribution in [0.4, 0.5) is 5.69 Å². The Morgan fingerprint density at radius 3 is 1.93 bits per heavy atom. The van der Waals surface area contributed by atoms with Gasteiger partial charge < -0.3 is 24.6 Å². The fourth-order valence-electron chi connectivity index (χ4n) is 3.31. The number of ether oxygens (including phenoxy) is 3. The molecule has 1 fully saturated rings. The van der Waals surface area contributed by atoms with Crippen LogP contribution in [0.3, 0.4) is 0 Å². The molecule has 2 heterocycles. The molecule has 1 aromatic carbocycles. The normalized spacial score (nSPS) is 25.1. The number of hydrogen-bond acceptors (Lipinski definition) is 7. The van der Waals surface area contributed by atoms with Gasteiger partial charge in [-0.05, 0) is 18.2 Å². The summed E-state index contributed by atoms with van der Waals surface area (Å²) in [5.74, 6) is -5.07. The molecule has 1 aromatic rings. The van der Waals surface area contributed by atoms with Gasteiger partial charge in [0.05, 0.1) is 43.5 Å². The molecular formula is C18H17NO8. The molecule has 0 spiro atoms. The number of carboxylic acids is 1. The number of rotatable bonds is 5. The Balaban J connectivity index is 1.89. The van der Waals surface area contributed by atoms with Crippen LogP contribution in [0, 0.1) is 11.8 Å². The van der Waals surface area contributed by atoms with E-state index >= 15 is 0 Å². The highest BCUT2D eigenvalue weighted by molar-refractivity contribution is 6.01. The zero-order chi connectivity index (χ0) is 19.7. The molecule has 4 unspecified atom stereocenters. The molecule has 142 valence electrons. The van der Waals surface area contributed by atoms with E-state index in [1.54, 1.807) is 12.2 Å². The van der Waals surface area contributed by atoms with Crippen LogP contribution in [0.5, 0.6) is 0 Å². The second kappa shape index (κ2) is 7.20. The first-order valence-electron chi connectivity index (χ1n) is 8.05. The summed E-state index contributed by atoms with van der Waals surface area (Å²) in [7, 11) is 2.36. The van der Waals surface area contributed by atoms with Crippen LogP contribution < -0.4 is 5.32 Å². The Labute approximate surface area is 153 Å². The Morgan fingerprint density at radius 1 is 0.926 bits per heavy atom. The third-order valence-corrected chi connectivity index (χ3v) is 4.53. The highest BCUT2D eigenvalue weighted by atomic mass is 16.5. The van der Waals surface area contributed by atoms with Gasteiger partial charge in [-0.2, -0.15) is 0 Å². The SMILES string of the molecule is COC(=O)c1cc(NC(=O)C2C3C=CC(O3)C2C(=O)O)cc(C(=O)OC)c1. The minimum Gasteiger partial charge on any atom is -0.481 e. The van der Waals surface area contributed by atoms with Gasteiger partial charge in [-0.15, -0.1) is 0 Å². The van der Waals surface area contributed by atoms with E-state index in [2.05, 4.69) is 14.8 Å². The molecule has 0 radical (unpaired) electrons. The molecular weight excluding hydrogens is 358 g/mol. The van der Waals surface area contributed by atoms with E-state index < -0.39 is 47.9 Å². The number of anilines is 1. The van der Waals surface area contributed by atoms with E-state index in [0.717, 1.165) is 0 Å². The monoisotopic (exact) mass is 375 g/mol. The molecule has 3 rings (SSSR count). The summed E-state index contributed by atoms with van der Waals surface area (Å²) < 4.78 is 14.8. The highest BCUT2D eigenvalue weighted by Gasteiger charge is 2.53. The average molecular weight is 375 g/mol. The van der Waals surface area contributed by atoms with Crippen molar-refractivity contribution in [3.8, 4) is 0 Å². The molecule has 0 saturated carbocycles. The van der Waals surface area contributed by atoms with Gasteiger partial charge >= 0.3 is 17.9 Å². The number of methoxy groups -OCH3 is 2. The molecule has 2 bridgehead atoms. The summed E-state index contributed by atoms with van der Waals surface area (Å²) >= 11 is 0. The average Bonchev–Trinajstić information content (AvgIpc) is 3.27. The maximum Gasteiger partial charge on any atom is 0.337 e. The van der Waals surface area contributed by atoms with Gasteiger partial charge in [0.2, 0.25) is 5.91 Å². The van der Waals surface area contributed by atoms with Crippen LogP contribution >= 0.6 is 0 Å². The Bertz CT molecular complexity index is 812. The van der Waals surface area contributed by atoms with Gasteiger partial charge in [-0.3, -0.25) is 9.59 Å². The fraction of sp³-hybridized carbons (Fsp3) is 0.333. The van der Waals surface area contributed by atoms with Crippen LogP contribution in [0.1, 0.15) is 20.7 Å². The number of aliphatic carboxylic acids is 1. The van der Waals surface area contributed by atoms with Crippen molar-refractivity contribution in [2.45, 2.75) is 12.2 Å². The predicted molar refractivity (Wildman–Crippen MR) is 90.2 cm³/mol. The molecule has 4 atom stereocenters. The van der Waals surface area contributed by atoms with Crippen LogP contribution in [0.25, 0.3) is 0 Å². The number of carbonyl (C=O) groups is 4. The number of amides is 1. The third kappa shape index (κ3) is 3.41. The molecule has 2 N–H and O–H groups in total. The van der Waals surface area contributed by atoms with E-state index in [-0.39, 0.29) is 16.8 Å². The summed E-state index contributed by atoms with van der Waals surface area (Å²) in [5, 5.41) is 12.0. The van der Waals surface area contributed by atoms with E-state index in [1.807, 2.05) is 0 Å². The second-order valence-corrected chi connectivity index (χ2v) is 6.11. The number of benzene rings is 1. The quantitative estimate of drug-likeness (QED) is 0.573. The van der Waals surface area contributed by atoms with Gasteiger partial charge in [0.25, 0.3) is 0 Å². The van der Waals surface area contributed by atoms with Crippen molar-refractivity contribution in [2.75, 3.05) is 19.5 Å². The lowest BCUT2D eigenvalue weighted by Crippen LogP contribution is -2.39. The van der Waals surface area contributed by atoms with Crippen LogP contribution in [0.2, 0.25) is 0 Å². The molecule has 2 aliphatic rings. The first-order chi connectivity index (χ1) is 12.8. The Hall–Kier alpha value is -3.20. The van der Waals surface area contributed by atoms with Crippen molar-refractivity contribution in [3.05, 3.63) is 41.5 Å². The number of fused-ring (bicyclic) bond motifs is 2. The van der Waals surface area contributed by atoms with Crippen molar-refractivity contribution in [2.24, 2.45) is 11.8 Å². The van der Waals surface area contributed by atoms with Gasteiger partial charge in [-0.1, -0.05) is 12.2 Å². The topological polar surface area (TPSA) is 128 Å². The standard InChI is InChI=1S/C18H17NO8/c1-25-17(23)8-5-9(18(24)26-2)7-10(6-8)19-15(20)13-11-3-4-12(27-11)14(13)16(21)22/h3-7,11-14H,1-2H3,(H,19,20)(H,21,22). The number of hydrogen-bond donors (Lipinski definition) is 2. The summed E-state index contributed by atoms with van der Waals surface area (Å²) in [4.78, 5) is 47.9. The molecule has 0 aliphatic carbocycles. The molecule has 2 aliphatic heterocycles. The lowest BCUT2D eigenvalue weighted by Gasteiger charge is -2.21. The van der Waals surface area contributed by atoms with Gasteiger partial charge in [0.15, 0.2) is 0 Å². The lowest BCUT2D eigenvalue weighted by atomic mass is 9.82. The van der Waals surface area contributed by atoms with Crippen molar-refractivity contribution < 1.29 is 38.5 Å². The summed E-state index contributed by atoms with van der Waals surface area (Å²) in [6, 6.07) is 3.93. The molecule has 1 amide bonds. The maximum absolute atomic E-state index is 12.7. The summed E-state index contributed by atoms with van der Waals surface area (Å²) in [6.45, 7) is 0. The summed E-state index contributed by atoms with van der Waals surface area (Å²) in [5.41, 5.74) is 0.211. The highest BCUT2D eigenvalue weighted by Crippen LogP contribution is 2.40. The zero-order valence-corrected chi connectivity index (χ0v) is 14.5. The largest absolute Gasteiger partial charge is 0.481 e. The van der Waals surface area contributed by atoms with E-state index in [0.29, 0.717) is 0 Å². The van der Waals surface area contributed by atoms with Crippen LogP contribution in [0.15, 0.2) is 30.4 Å². The maximum atomic E-state index is 12.7. The molecule has 9 nitrogen and oxygen atoms in total. The van der Waals surface area contributed by atoms with Gasteiger partial charge in [0, 0.05) is 5.69 Å². The zero-order valence-electron chi connectivity index (χ0n) is 14.5.